The van der Waals surface area contributed by atoms with Gasteiger partial charge in [0.25, 0.3) is 0 Å². The predicted octanol–water partition coefficient (Wildman–Crippen LogP) is 4.34. The number of carbonyl (C=O) groups excluding carboxylic acids is 2. The molecule has 3 aromatic carbocycles. The monoisotopic (exact) mass is 510 g/mol. The van der Waals surface area contributed by atoms with Crippen molar-refractivity contribution in [3.05, 3.63) is 78.1 Å². The normalized spacial score (nSPS) is 15.5. The van der Waals surface area contributed by atoms with E-state index in [0.717, 1.165) is 18.1 Å². The van der Waals surface area contributed by atoms with Crippen LogP contribution in [0.5, 0.6) is 0 Å². The first-order valence-electron chi connectivity index (χ1n) is 11.6. The summed E-state index contributed by atoms with van der Waals surface area (Å²) in [5.41, 5.74) is 2.25. The number of nitrogens with two attached hydrogens (primary N) is 1. The smallest absolute Gasteiger partial charge is 0.322 e. The molecule has 3 aromatic rings. The van der Waals surface area contributed by atoms with Gasteiger partial charge in [0.15, 0.2) is 0 Å². The number of hydrogen-bond donors (Lipinski definition) is 3. The summed E-state index contributed by atoms with van der Waals surface area (Å²) in [6.07, 6.45) is 1.99. The maximum Gasteiger partial charge on any atom is 0.322 e. The average molecular weight is 511 g/mol. The van der Waals surface area contributed by atoms with Gasteiger partial charge in [-0.15, -0.1) is 0 Å². The molecule has 1 unspecified atom stereocenters. The maximum absolute atomic E-state index is 14.9. The summed E-state index contributed by atoms with van der Waals surface area (Å²) >= 11 is 0. The number of carbonyl (C=O) groups is 2. The van der Waals surface area contributed by atoms with Gasteiger partial charge in [-0.1, -0.05) is 43.3 Å². The van der Waals surface area contributed by atoms with Gasteiger partial charge in [-0.3, -0.25) is 4.79 Å². The molecular formula is C26H27FN4O4S. The molecule has 1 aliphatic heterocycles. The molecule has 8 nitrogen and oxygen atoms in total. The predicted molar refractivity (Wildman–Crippen MR) is 136 cm³/mol. The van der Waals surface area contributed by atoms with E-state index in [0.29, 0.717) is 30.6 Å². The summed E-state index contributed by atoms with van der Waals surface area (Å²) in [6, 6.07) is 16.3. The van der Waals surface area contributed by atoms with Gasteiger partial charge in [-0.2, -0.15) is 0 Å². The molecule has 1 atom stereocenters. The molecular weight excluding hydrogens is 483 g/mol. The first kappa shape index (κ1) is 25.3. The lowest BCUT2D eigenvalue weighted by atomic mass is 10.0. The summed E-state index contributed by atoms with van der Waals surface area (Å²) in [6.45, 7) is 2.45. The van der Waals surface area contributed by atoms with Crippen molar-refractivity contribution >= 4 is 33.3 Å². The second-order valence-corrected chi connectivity index (χ2v) is 10.1. The molecule has 0 spiro atoms. The van der Waals surface area contributed by atoms with E-state index in [1.807, 2.05) is 31.2 Å². The molecule has 0 radical (unpaired) electrons. The number of amides is 3. The minimum Gasteiger partial charge on any atom is -0.322 e. The van der Waals surface area contributed by atoms with Crippen molar-refractivity contribution < 1.29 is 22.4 Å². The number of aryl methyl sites for hydroxylation is 1. The third-order valence-corrected chi connectivity index (χ3v) is 7.13. The number of benzene rings is 3. The number of urea groups is 1. The van der Waals surface area contributed by atoms with E-state index in [4.69, 9.17) is 5.14 Å². The van der Waals surface area contributed by atoms with Gasteiger partial charge in [0, 0.05) is 17.8 Å². The Kier molecular flexibility index (Phi) is 7.37. The Labute approximate surface area is 209 Å². The zero-order valence-corrected chi connectivity index (χ0v) is 20.5. The minimum absolute atomic E-state index is 0.0701. The number of anilines is 2. The number of likely N-dealkylation sites (tertiary alicyclic amines) is 1. The zero-order chi connectivity index (χ0) is 25.9. The highest BCUT2D eigenvalue weighted by atomic mass is 32.2. The lowest BCUT2D eigenvalue weighted by Gasteiger charge is -2.24. The van der Waals surface area contributed by atoms with Gasteiger partial charge < -0.3 is 15.5 Å². The van der Waals surface area contributed by atoms with Crippen molar-refractivity contribution in [3.63, 3.8) is 0 Å². The molecule has 3 amide bonds. The fraction of sp³-hybridized carbons (Fsp3) is 0.231. The molecule has 0 saturated carbocycles. The number of rotatable bonds is 6. The van der Waals surface area contributed by atoms with Crippen LogP contribution >= 0.6 is 0 Å². The second kappa shape index (κ2) is 10.5. The van der Waals surface area contributed by atoms with Crippen LogP contribution in [0.25, 0.3) is 11.1 Å². The topological polar surface area (TPSA) is 122 Å². The highest BCUT2D eigenvalue weighted by molar-refractivity contribution is 7.89. The number of halogens is 1. The van der Waals surface area contributed by atoms with E-state index in [1.54, 1.807) is 6.07 Å². The summed E-state index contributed by atoms with van der Waals surface area (Å²) in [7, 11) is -4.01. The SMILES string of the molecule is CCc1ccc(NC(=O)N2CCCC2C(=O)Nc2ccc(-c3ccccc3S(N)(=O)=O)cc2F)cc1. The van der Waals surface area contributed by atoms with Crippen LogP contribution < -0.4 is 15.8 Å². The van der Waals surface area contributed by atoms with Crippen molar-refractivity contribution in [2.45, 2.75) is 37.1 Å². The fourth-order valence-electron chi connectivity index (χ4n) is 4.25. The van der Waals surface area contributed by atoms with Gasteiger partial charge in [0.1, 0.15) is 11.9 Å². The molecule has 0 aromatic heterocycles. The Hall–Kier alpha value is -3.76. The van der Waals surface area contributed by atoms with Crippen LogP contribution in [-0.2, 0) is 21.2 Å². The van der Waals surface area contributed by atoms with E-state index >= 15 is 0 Å². The summed E-state index contributed by atoms with van der Waals surface area (Å²) in [4.78, 5) is 27.1. The van der Waals surface area contributed by atoms with Crippen molar-refractivity contribution in [3.8, 4) is 11.1 Å². The molecule has 4 rings (SSSR count). The highest BCUT2D eigenvalue weighted by Crippen LogP contribution is 2.30. The minimum atomic E-state index is -4.01. The van der Waals surface area contributed by atoms with Gasteiger partial charge in [0.05, 0.1) is 10.6 Å². The lowest BCUT2D eigenvalue weighted by molar-refractivity contribution is -0.119. The zero-order valence-electron chi connectivity index (χ0n) is 19.7. The molecule has 188 valence electrons. The quantitative estimate of drug-likeness (QED) is 0.457. The van der Waals surface area contributed by atoms with E-state index < -0.39 is 33.8 Å². The van der Waals surface area contributed by atoms with Crippen LogP contribution in [0.2, 0.25) is 0 Å². The summed E-state index contributed by atoms with van der Waals surface area (Å²) in [5, 5.41) is 10.7. The molecule has 10 heteroatoms. The largest absolute Gasteiger partial charge is 0.322 e. The Bertz CT molecular complexity index is 1390. The lowest BCUT2D eigenvalue weighted by Crippen LogP contribution is -2.45. The van der Waals surface area contributed by atoms with Gasteiger partial charge in [0.2, 0.25) is 15.9 Å². The Morgan fingerprint density at radius 3 is 2.44 bits per heavy atom. The van der Waals surface area contributed by atoms with Crippen molar-refractivity contribution in [1.29, 1.82) is 0 Å². The molecule has 1 aliphatic rings. The standard InChI is InChI=1S/C26H27FN4O4S/c1-2-17-9-12-19(13-10-17)29-26(33)31-15-5-7-23(31)25(32)30-22-14-11-18(16-21(22)27)20-6-3-4-8-24(20)36(28,34)35/h3-4,6,8-14,16,23H,2,5,7,15H2,1H3,(H,29,33)(H,30,32)(H2,28,34,35). The first-order valence-corrected chi connectivity index (χ1v) is 13.1. The Morgan fingerprint density at radius 1 is 1.06 bits per heavy atom. The number of nitrogens with one attached hydrogen (secondary N) is 2. The van der Waals surface area contributed by atoms with Crippen LogP contribution in [0.15, 0.2) is 71.6 Å². The molecule has 1 heterocycles. The molecule has 1 fully saturated rings. The van der Waals surface area contributed by atoms with E-state index in [2.05, 4.69) is 10.6 Å². The van der Waals surface area contributed by atoms with E-state index in [1.165, 1.54) is 35.2 Å². The van der Waals surface area contributed by atoms with Crippen LogP contribution in [0.4, 0.5) is 20.6 Å². The third-order valence-electron chi connectivity index (χ3n) is 6.16. The van der Waals surface area contributed by atoms with Crippen LogP contribution in [0.1, 0.15) is 25.3 Å². The van der Waals surface area contributed by atoms with Crippen molar-refractivity contribution in [2.75, 3.05) is 17.2 Å². The van der Waals surface area contributed by atoms with E-state index in [-0.39, 0.29) is 16.1 Å². The van der Waals surface area contributed by atoms with Crippen molar-refractivity contribution in [2.24, 2.45) is 5.14 Å². The molecule has 0 bridgehead atoms. The summed E-state index contributed by atoms with van der Waals surface area (Å²) < 4.78 is 38.7. The number of primary sulfonamides is 1. The number of nitrogens with zero attached hydrogens (tertiary/aromatic N) is 1. The second-order valence-electron chi connectivity index (χ2n) is 8.56. The number of hydrogen-bond acceptors (Lipinski definition) is 4. The Morgan fingerprint density at radius 2 is 1.78 bits per heavy atom. The maximum atomic E-state index is 14.9. The van der Waals surface area contributed by atoms with Gasteiger partial charge in [-0.25, -0.2) is 22.7 Å². The van der Waals surface area contributed by atoms with Crippen LogP contribution in [0, 0.1) is 5.82 Å². The van der Waals surface area contributed by atoms with Crippen molar-refractivity contribution in [1.82, 2.24) is 4.90 Å². The average Bonchev–Trinajstić information content (AvgIpc) is 3.36. The fourth-order valence-corrected chi connectivity index (χ4v) is 5.02. The third kappa shape index (κ3) is 5.55. The highest BCUT2D eigenvalue weighted by Gasteiger charge is 2.34. The first-order chi connectivity index (χ1) is 17.2. The Balaban J connectivity index is 1.47. The summed E-state index contributed by atoms with van der Waals surface area (Å²) in [5.74, 6) is -1.24. The molecule has 1 saturated heterocycles. The van der Waals surface area contributed by atoms with Gasteiger partial charge >= 0.3 is 6.03 Å². The van der Waals surface area contributed by atoms with Crippen LogP contribution in [-0.4, -0.2) is 37.8 Å². The van der Waals surface area contributed by atoms with E-state index in [9.17, 15) is 22.4 Å². The molecule has 4 N–H and O–H groups in total. The van der Waals surface area contributed by atoms with Gasteiger partial charge in [-0.05, 0) is 60.7 Å². The molecule has 36 heavy (non-hydrogen) atoms. The van der Waals surface area contributed by atoms with Crippen LogP contribution in [0.3, 0.4) is 0 Å². The number of sulfonamides is 1. The molecule has 0 aliphatic carbocycles.